The first-order valence-electron chi connectivity index (χ1n) is 6.54. The molecule has 0 aromatic rings. The Morgan fingerprint density at radius 3 is 2.47 bits per heavy atom. The number of rotatable bonds is 2. The average Bonchev–Trinajstić information content (AvgIpc) is 2.40. The molecular formula is C12H22N2O2S. The van der Waals surface area contributed by atoms with Gasteiger partial charge in [0.15, 0.2) is 0 Å². The molecule has 0 spiro atoms. The molecule has 2 aliphatic rings. The summed E-state index contributed by atoms with van der Waals surface area (Å²) in [5.74, 6) is 2.52. The van der Waals surface area contributed by atoms with Crippen LogP contribution in [-0.4, -0.2) is 66.2 Å². The molecule has 5 heteroatoms. The second kappa shape index (κ2) is 6.50. The molecule has 2 heterocycles. The summed E-state index contributed by atoms with van der Waals surface area (Å²) in [7, 11) is 0. The lowest BCUT2D eigenvalue weighted by molar-refractivity contribution is 0.0774. The van der Waals surface area contributed by atoms with E-state index in [9.17, 15) is 4.79 Å². The fourth-order valence-electron chi connectivity index (χ4n) is 2.57. The van der Waals surface area contributed by atoms with Gasteiger partial charge < -0.3 is 9.64 Å². The molecule has 0 N–H and O–H groups in total. The van der Waals surface area contributed by atoms with Crippen LogP contribution in [0.3, 0.4) is 0 Å². The molecule has 1 amide bonds. The summed E-state index contributed by atoms with van der Waals surface area (Å²) in [5, 5.41) is 0. The van der Waals surface area contributed by atoms with Crippen molar-refractivity contribution in [2.75, 3.05) is 44.3 Å². The Kier molecular flexibility index (Phi) is 4.98. The highest BCUT2D eigenvalue weighted by Gasteiger charge is 2.27. The maximum absolute atomic E-state index is 11.6. The SMILES string of the molecule is CCOC(=O)N1CCC(N2CCSCC2)CC1. The molecule has 2 saturated heterocycles. The van der Waals surface area contributed by atoms with Gasteiger partial charge in [-0.1, -0.05) is 0 Å². The van der Waals surface area contributed by atoms with Crippen LogP contribution in [0.5, 0.6) is 0 Å². The topological polar surface area (TPSA) is 32.8 Å². The van der Waals surface area contributed by atoms with Gasteiger partial charge in [0.05, 0.1) is 6.61 Å². The molecule has 2 fully saturated rings. The summed E-state index contributed by atoms with van der Waals surface area (Å²) in [6, 6.07) is 0.682. The highest BCUT2D eigenvalue weighted by molar-refractivity contribution is 7.99. The van der Waals surface area contributed by atoms with E-state index in [0.717, 1.165) is 25.9 Å². The number of hydrogen-bond donors (Lipinski definition) is 0. The van der Waals surface area contributed by atoms with Crippen molar-refractivity contribution in [1.29, 1.82) is 0 Å². The quantitative estimate of drug-likeness (QED) is 0.754. The minimum absolute atomic E-state index is 0.139. The number of ether oxygens (including phenoxy) is 1. The Hall–Kier alpha value is -0.420. The van der Waals surface area contributed by atoms with E-state index in [-0.39, 0.29) is 6.09 Å². The third-order valence-corrected chi connectivity index (χ3v) is 4.50. The van der Waals surface area contributed by atoms with Crippen molar-refractivity contribution in [3.63, 3.8) is 0 Å². The number of likely N-dealkylation sites (tertiary alicyclic amines) is 1. The zero-order valence-electron chi connectivity index (χ0n) is 10.6. The number of nitrogens with zero attached hydrogens (tertiary/aromatic N) is 2. The van der Waals surface area contributed by atoms with Crippen molar-refractivity contribution in [2.45, 2.75) is 25.8 Å². The molecule has 0 radical (unpaired) electrons. The van der Waals surface area contributed by atoms with Gasteiger partial charge in [-0.05, 0) is 19.8 Å². The third-order valence-electron chi connectivity index (χ3n) is 3.55. The molecule has 0 aliphatic carbocycles. The van der Waals surface area contributed by atoms with E-state index in [4.69, 9.17) is 4.74 Å². The number of hydrogen-bond acceptors (Lipinski definition) is 4. The predicted molar refractivity (Wildman–Crippen MR) is 70.5 cm³/mol. The number of thioether (sulfide) groups is 1. The van der Waals surface area contributed by atoms with E-state index in [1.54, 1.807) is 0 Å². The standard InChI is InChI=1S/C12H22N2O2S/c1-2-16-12(15)14-5-3-11(4-6-14)13-7-9-17-10-8-13/h11H,2-10H2,1H3. The number of amides is 1. The Labute approximate surface area is 108 Å². The normalized spacial score (nSPS) is 23.7. The number of piperidine rings is 1. The Balaban J connectivity index is 1.75. The Morgan fingerprint density at radius 2 is 1.88 bits per heavy atom. The van der Waals surface area contributed by atoms with E-state index in [1.807, 2.05) is 23.6 Å². The Bertz CT molecular complexity index is 249. The fourth-order valence-corrected chi connectivity index (χ4v) is 3.50. The van der Waals surface area contributed by atoms with E-state index in [2.05, 4.69) is 4.90 Å². The summed E-state index contributed by atoms with van der Waals surface area (Å²) in [6.07, 6.45) is 2.06. The molecule has 0 saturated carbocycles. The molecule has 0 unspecified atom stereocenters. The summed E-state index contributed by atoms with van der Waals surface area (Å²) < 4.78 is 5.03. The van der Waals surface area contributed by atoms with E-state index >= 15 is 0 Å². The molecule has 17 heavy (non-hydrogen) atoms. The van der Waals surface area contributed by atoms with Gasteiger partial charge in [-0.2, -0.15) is 11.8 Å². The first-order valence-corrected chi connectivity index (χ1v) is 7.70. The lowest BCUT2D eigenvalue weighted by atomic mass is 10.0. The molecule has 98 valence electrons. The highest BCUT2D eigenvalue weighted by atomic mass is 32.2. The van der Waals surface area contributed by atoms with E-state index < -0.39 is 0 Å². The molecule has 2 aliphatic heterocycles. The van der Waals surface area contributed by atoms with E-state index in [0.29, 0.717) is 12.6 Å². The van der Waals surface area contributed by atoms with Gasteiger partial charge in [-0.3, -0.25) is 4.90 Å². The minimum atomic E-state index is -0.139. The maximum Gasteiger partial charge on any atom is 0.409 e. The fraction of sp³-hybridized carbons (Fsp3) is 0.917. The van der Waals surface area contributed by atoms with Gasteiger partial charge in [0.2, 0.25) is 0 Å². The predicted octanol–water partition coefficient (Wildman–Crippen LogP) is 1.66. The highest BCUT2D eigenvalue weighted by Crippen LogP contribution is 2.20. The van der Waals surface area contributed by atoms with Gasteiger partial charge >= 0.3 is 6.09 Å². The number of carbonyl (C=O) groups excluding carboxylic acids is 1. The molecule has 0 atom stereocenters. The summed E-state index contributed by atoms with van der Waals surface area (Å²) in [5.41, 5.74) is 0. The van der Waals surface area contributed by atoms with Crippen LogP contribution in [0.25, 0.3) is 0 Å². The van der Waals surface area contributed by atoms with Gasteiger partial charge in [0.1, 0.15) is 0 Å². The van der Waals surface area contributed by atoms with Gasteiger partial charge in [-0.25, -0.2) is 4.79 Å². The largest absolute Gasteiger partial charge is 0.450 e. The monoisotopic (exact) mass is 258 g/mol. The molecular weight excluding hydrogens is 236 g/mol. The molecule has 0 aromatic heterocycles. The lowest BCUT2D eigenvalue weighted by Gasteiger charge is -2.39. The van der Waals surface area contributed by atoms with Crippen LogP contribution in [0.15, 0.2) is 0 Å². The van der Waals surface area contributed by atoms with Crippen molar-refractivity contribution < 1.29 is 9.53 Å². The van der Waals surface area contributed by atoms with Crippen LogP contribution in [0.1, 0.15) is 19.8 Å². The number of carbonyl (C=O) groups is 1. The molecule has 0 aromatic carbocycles. The van der Waals surface area contributed by atoms with Crippen LogP contribution < -0.4 is 0 Å². The smallest absolute Gasteiger partial charge is 0.409 e. The second-order valence-corrected chi connectivity index (χ2v) is 5.79. The van der Waals surface area contributed by atoms with Gasteiger partial charge in [-0.15, -0.1) is 0 Å². The Morgan fingerprint density at radius 1 is 1.24 bits per heavy atom. The van der Waals surface area contributed by atoms with Gasteiger partial charge in [0, 0.05) is 43.7 Å². The molecule has 2 rings (SSSR count). The summed E-state index contributed by atoms with van der Waals surface area (Å²) in [6.45, 7) is 6.47. The average molecular weight is 258 g/mol. The summed E-state index contributed by atoms with van der Waals surface area (Å²) in [4.78, 5) is 16.0. The zero-order chi connectivity index (χ0) is 12.1. The van der Waals surface area contributed by atoms with Crippen LogP contribution in [0.2, 0.25) is 0 Å². The van der Waals surface area contributed by atoms with Gasteiger partial charge in [0.25, 0.3) is 0 Å². The van der Waals surface area contributed by atoms with Crippen LogP contribution in [0, 0.1) is 0 Å². The second-order valence-electron chi connectivity index (χ2n) is 4.57. The first-order chi connectivity index (χ1) is 8.31. The third kappa shape index (κ3) is 3.52. The van der Waals surface area contributed by atoms with Crippen LogP contribution in [0.4, 0.5) is 4.79 Å². The van der Waals surface area contributed by atoms with Crippen LogP contribution >= 0.6 is 11.8 Å². The van der Waals surface area contributed by atoms with Crippen molar-refractivity contribution in [3.05, 3.63) is 0 Å². The first kappa shape index (κ1) is 13.0. The lowest BCUT2D eigenvalue weighted by Crippen LogP contribution is -2.49. The maximum atomic E-state index is 11.6. The van der Waals surface area contributed by atoms with Crippen molar-refractivity contribution in [1.82, 2.24) is 9.80 Å². The zero-order valence-corrected chi connectivity index (χ0v) is 11.4. The molecule has 4 nitrogen and oxygen atoms in total. The molecule has 0 bridgehead atoms. The minimum Gasteiger partial charge on any atom is -0.450 e. The van der Waals surface area contributed by atoms with Crippen molar-refractivity contribution >= 4 is 17.9 Å². The van der Waals surface area contributed by atoms with Crippen molar-refractivity contribution in [2.24, 2.45) is 0 Å². The summed E-state index contributed by atoms with van der Waals surface area (Å²) >= 11 is 2.05. The van der Waals surface area contributed by atoms with E-state index in [1.165, 1.54) is 24.6 Å². The van der Waals surface area contributed by atoms with Crippen molar-refractivity contribution in [3.8, 4) is 0 Å². The van der Waals surface area contributed by atoms with Crippen LogP contribution in [-0.2, 0) is 4.74 Å².